The normalized spacial score (nSPS) is 13.7. The summed E-state index contributed by atoms with van der Waals surface area (Å²) in [6.45, 7) is 3.01. The van der Waals surface area contributed by atoms with Crippen LogP contribution in [0.1, 0.15) is 12.5 Å². The van der Waals surface area contributed by atoms with Crippen LogP contribution in [-0.2, 0) is 0 Å². The quantitative estimate of drug-likeness (QED) is 0.672. The van der Waals surface area contributed by atoms with E-state index in [1.54, 1.807) is 11.3 Å². The molecule has 0 saturated carbocycles. The monoisotopic (exact) mass is 351 g/mol. The Labute approximate surface area is 149 Å². The fraction of sp³-hybridized carbons (Fsp3) is 0.158. The zero-order valence-electron chi connectivity index (χ0n) is 13.8. The number of nitrogens with zero attached hydrogens (tertiary/aromatic N) is 3. The van der Waals surface area contributed by atoms with Gasteiger partial charge in [-0.1, -0.05) is 30.3 Å². The molecule has 2 aromatic carbocycles. The van der Waals surface area contributed by atoms with Crippen molar-refractivity contribution in [3.63, 3.8) is 0 Å². The van der Waals surface area contributed by atoms with E-state index in [1.165, 1.54) is 0 Å². The predicted octanol–water partition coefficient (Wildman–Crippen LogP) is 3.75. The van der Waals surface area contributed by atoms with Gasteiger partial charge in [-0.2, -0.15) is 5.10 Å². The molecule has 25 heavy (non-hydrogen) atoms. The van der Waals surface area contributed by atoms with E-state index >= 15 is 0 Å². The van der Waals surface area contributed by atoms with Crippen LogP contribution in [0.3, 0.4) is 0 Å². The standard InChI is InChI=1S/C19H17N3O2S/c1-2-20-19-22(16(12-25-19)15-6-4-3-5-7-15)21-11-14-8-9-17-18(10-14)24-13-23-17/h3-12H,2,13H2,1H3. The Morgan fingerprint density at radius 3 is 2.80 bits per heavy atom. The van der Waals surface area contributed by atoms with Gasteiger partial charge in [-0.3, -0.25) is 4.99 Å². The van der Waals surface area contributed by atoms with Gasteiger partial charge in [0.1, 0.15) is 0 Å². The summed E-state index contributed by atoms with van der Waals surface area (Å²) in [5, 5.41) is 6.75. The summed E-state index contributed by atoms with van der Waals surface area (Å²) in [5.41, 5.74) is 3.08. The number of aromatic nitrogens is 1. The molecule has 126 valence electrons. The largest absolute Gasteiger partial charge is 0.454 e. The van der Waals surface area contributed by atoms with Crippen molar-refractivity contribution in [1.29, 1.82) is 0 Å². The molecule has 1 aliphatic heterocycles. The lowest BCUT2D eigenvalue weighted by molar-refractivity contribution is 0.174. The van der Waals surface area contributed by atoms with E-state index in [0.717, 1.165) is 33.1 Å². The van der Waals surface area contributed by atoms with Crippen LogP contribution in [0.2, 0.25) is 0 Å². The van der Waals surface area contributed by atoms with Gasteiger partial charge in [0.25, 0.3) is 0 Å². The van der Waals surface area contributed by atoms with Gasteiger partial charge in [0.15, 0.2) is 11.5 Å². The Kier molecular flexibility index (Phi) is 4.35. The fourth-order valence-electron chi connectivity index (χ4n) is 2.58. The van der Waals surface area contributed by atoms with E-state index in [0.29, 0.717) is 6.54 Å². The molecule has 1 aromatic heterocycles. The van der Waals surface area contributed by atoms with E-state index in [9.17, 15) is 0 Å². The summed E-state index contributed by atoms with van der Waals surface area (Å²) in [4.78, 5) is 5.42. The molecule has 0 atom stereocenters. The lowest BCUT2D eigenvalue weighted by atomic mass is 10.2. The highest BCUT2D eigenvalue weighted by molar-refractivity contribution is 7.07. The summed E-state index contributed by atoms with van der Waals surface area (Å²) in [5.74, 6) is 1.52. The second-order valence-electron chi connectivity index (χ2n) is 5.41. The van der Waals surface area contributed by atoms with Crippen LogP contribution < -0.4 is 14.3 Å². The number of rotatable bonds is 4. The van der Waals surface area contributed by atoms with Crippen LogP contribution >= 0.6 is 11.3 Å². The maximum absolute atomic E-state index is 5.42. The number of hydrogen-bond acceptors (Lipinski definition) is 5. The third-order valence-electron chi connectivity index (χ3n) is 3.77. The van der Waals surface area contributed by atoms with Crippen molar-refractivity contribution < 1.29 is 9.47 Å². The molecule has 2 heterocycles. The summed E-state index contributed by atoms with van der Waals surface area (Å²) < 4.78 is 12.7. The van der Waals surface area contributed by atoms with Gasteiger partial charge < -0.3 is 9.47 Å². The van der Waals surface area contributed by atoms with Crippen molar-refractivity contribution in [1.82, 2.24) is 4.68 Å². The van der Waals surface area contributed by atoms with Crippen LogP contribution in [0.5, 0.6) is 11.5 Å². The molecule has 5 nitrogen and oxygen atoms in total. The van der Waals surface area contributed by atoms with Crippen molar-refractivity contribution in [2.75, 3.05) is 13.3 Å². The third kappa shape index (κ3) is 3.21. The molecule has 0 radical (unpaired) electrons. The molecular weight excluding hydrogens is 334 g/mol. The van der Waals surface area contributed by atoms with Crippen molar-refractivity contribution in [2.24, 2.45) is 10.1 Å². The van der Waals surface area contributed by atoms with E-state index in [4.69, 9.17) is 9.47 Å². The first-order valence-corrected chi connectivity index (χ1v) is 8.93. The number of fused-ring (bicyclic) bond motifs is 1. The first kappa shape index (κ1) is 15.7. The summed E-state index contributed by atoms with van der Waals surface area (Å²) in [6.07, 6.45) is 1.82. The number of benzene rings is 2. The summed E-state index contributed by atoms with van der Waals surface area (Å²) in [6, 6.07) is 16.0. The molecule has 0 unspecified atom stereocenters. The minimum atomic E-state index is 0.271. The van der Waals surface area contributed by atoms with E-state index in [1.807, 2.05) is 54.2 Å². The smallest absolute Gasteiger partial charge is 0.231 e. The SMILES string of the molecule is CCN=c1scc(-c2ccccc2)n1N=Cc1ccc2c(c1)OCO2. The van der Waals surface area contributed by atoms with Gasteiger partial charge in [-0.05, 0) is 30.7 Å². The molecular formula is C19H17N3O2S. The van der Waals surface area contributed by atoms with Crippen molar-refractivity contribution in [3.05, 3.63) is 64.3 Å². The fourth-order valence-corrected chi connectivity index (χ4v) is 3.48. The van der Waals surface area contributed by atoms with E-state index < -0.39 is 0 Å². The van der Waals surface area contributed by atoms with Crippen LogP contribution in [0.15, 0.2) is 64.0 Å². The zero-order valence-corrected chi connectivity index (χ0v) is 14.6. The highest BCUT2D eigenvalue weighted by atomic mass is 32.1. The Balaban J connectivity index is 1.74. The predicted molar refractivity (Wildman–Crippen MR) is 99.4 cm³/mol. The molecule has 0 saturated heterocycles. The minimum absolute atomic E-state index is 0.271. The Bertz CT molecular complexity index is 974. The lowest BCUT2D eigenvalue weighted by Crippen LogP contribution is -2.12. The molecule has 4 rings (SSSR count). The third-order valence-corrected chi connectivity index (χ3v) is 4.62. The zero-order chi connectivity index (χ0) is 17.1. The molecule has 3 aromatic rings. The number of ether oxygens (including phenoxy) is 2. The van der Waals surface area contributed by atoms with Crippen LogP contribution in [-0.4, -0.2) is 24.2 Å². The van der Waals surface area contributed by atoms with Crippen molar-refractivity contribution >= 4 is 17.6 Å². The molecule has 0 amide bonds. The molecule has 6 heteroatoms. The van der Waals surface area contributed by atoms with Crippen molar-refractivity contribution in [2.45, 2.75) is 6.92 Å². The van der Waals surface area contributed by atoms with Crippen molar-refractivity contribution in [3.8, 4) is 22.8 Å². The molecule has 0 bridgehead atoms. The van der Waals surface area contributed by atoms with Gasteiger partial charge in [-0.25, -0.2) is 4.68 Å². The Morgan fingerprint density at radius 1 is 1.12 bits per heavy atom. The van der Waals surface area contributed by atoms with E-state index in [2.05, 4.69) is 27.6 Å². The summed E-state index contributed by atoms with van der Waals surface area (Å²) in [7, 11) is 0. The van der Waals surface area contributed by atoms with Gasteiger partial charge in [0.05, 0.1) is 11.9 Å². The Hall–Kier alpha value is -2.86. The highest BCUT2D eigenvalue weighted by Crippen LogP contribution is 2.32. The molecule has 0 aliphatic carbocycles. The van der Waals surface area contributed by atoms with E-state index in [-0.39, 0.29) is 6.79 Å². The minimum Gasteiger partial charge on any atom is -0.454 e. The first-order valence-electron chi connectivity index (χ1n) is 8.05. The van der Waals surface area contributed by atoms with Gasteiger partial charge in [0.2, 0.25) is 11.6 Å². The maximum atomic E-state index is 5.42. The second kappa shape index (κ2) is 6.94. The van der Waals surface area contributed by atoms with Crippen LogP contribution in [0.25, 0.3) is 11.3 Å². The van der Waals surface area contributed by atoms with Gasteiger partial charge in [-0.15, -0.1) is 11.3 Å². The van der Waals surface area contributed by atoms with Gasteiger partial charge in [0, 0.05) is 17.5 Å². The average Bonchev–Trinajstić information content (AvgIpc) is 3.27. The van der Waals surface area contributed by atoms with Crippen LogP contribution in [0.4, 0.5) is 0 Å². The molecule has 0 spiro atoms. The molecule has 0 N–H and O–H groups in total. The topological polar surface area (TPSA) is 48.1 Å². The number of thiazole rings is 1. The lowest BCUT2D eigenvalue weighted by Gasteiger charge is -2.03. The molecule has 1 aliphatic rings. The second-order valence-corrected chi connectivity index (χ2v) is 6.25. The summed E-state index contributed by atoms with van der Waals surface area (Å²) >= 11 is 1.59. The average molecular weight is 351 g/mol. The maximum Gasteiger partial charge on any atom is 0.231 e. The molecule has 0 fully saturated rings. The Morgan fingerprint density at radius 2 is 1.96 bits per heavy atom. The highest BCUT2D eigenvalue weighted by Gasteiger charge is 2.12. The van der Waals surface area contributed by atoms with Crippen LogP contribution in [0, 0.1) is 0 Å². The number of hydrogen-bond donors (Lipinski definition) is 0. The first-order chi connectivity index (χ1) is 12.3. The van der Waals surface area contributed by atoms with Gasteiger partial charge >= 0.3 is 0 Å².